The monoisotopic (exact) mass is 270 g/mol. The molecule has 0 aromatic carbocycles. The van der Waals surface area contributed by atoms with E-state index in [1.165, 1.54) is 0 Å². The number of amides is 2. The normalized spacial score (nSPS) is 32.0. The van der Waals surface area contributed by atoms with Gasteiger partial charge in [0.1, 0.15) is 0 Å². The van der Waals surface area contributed by atoms with Crippen LogP contribution in [0.15, 0.2) is 0 Å². The zero-order valence-electron chi connectivity index (χ0n) is 12.2. The van der Waals surface area contributed by atoms with Gasteiger partial charge in [-0.25, -0.2) is 0 Å². The molecule has 5 nitrogen and oxygen atoms in total. The maximum absolute atomic E-state index is 11.8. The summed E-state index contributed by atoms with van der Waals surface area (Å²) >= 11 is 0. The van der Waals surface area contributed by atoms with Crippen molar-refractivity contribution in [3.8, 4) is 0 Å². The van der Waals surface area contributed by atoms with Gasteiger partial charge in [-0.3, -0.25) is 9.59 Å². The lowest BCUT2D eigenvalue weighted by Gasteiger charge is -2.24. The molecule has 1 aliphatic heterocycles. The van der Waals surface area contributed by atoms with Crippen LogP contribution in [0.4, 0.5) is 0 Å². The molecule has 0 unspecified atom stereocenters. The third-order valence-corrected chi connectivity index (χ3v) is 3.85. The molecule has 0 aromatic heterocycles. The Labute approximate surface area is 115 Å². The predicted molar refractivity (Wildman–Crippen MR) is 73.5 cm³/mol. The fourth-order valence-electron chi connectivity index (χ4n) is 2.34. The summed E-state index contributed by atoms with van der Waals surface area (Å²) < 4.78 is 0. The van der Waals surface area contributed by atoms with Crippen molar-refractivity contribution in [1.82, 2.24) is 10.2 Å². The van der Waals surface area contributed by atoms with E-state index in [4.69, 9.17) is 0 Å². The molecule has 0 radical (unpaired) electrons. The van der Waals surface area contributed by atoms with Gasteiger partial charge in [0.2, 0.25) is 11.8 Å². The van der Waals surface area contributed by atoms with Crippen molar-refractivity contribution in [3.63, 3.8) is 0 Å². The van der Waals surface area contributed by atoms with E-state index >= 15 is 0 Å². The molecule has 0 spiro atoms. The van der Waals surface area contributed by atoms with Crippen molar-refractivity contribution in [2.45, 2.75) is 51.6 Å². The average Bonchev–Trinajstić information content (AvgIpc) is 2.34. The second kappa shape index (κ2) is 6.89. The Morgan fingerprint density at radius 1 is 1.32 bits per heavy atom. The highest BCUT2D eigenvalue weighted by atomic mass is 16.3. The number of nitrogens with one attached hydrogen (secondary N) is 1. The van der Waals surface area contributed by atoms with Crippen LogP contribution < -0.4 is 5.32 Å². The molecule has 0 bridgehead atoms. The van der Waals surface area contributed by atoms with Crippen molar-refractivity contribution >= 4 is 11.8 Å². The van der Waals surface area contributed by atoms with Crippen molar-refractivity contribution < 1.29 is 14.7 Å². The molecule has 1 fully saturated rings. The topological polar surface area (TPSA) is 69.6 Å². The Morgan fingerprint density at radius 2 is 1.95 bits per heavy atom. The van der Waals surface area contributed by atoms with Crippen LogP contribution in [0.3, 0.4) is 0 Å². The third-order valence-electron chi connectivity index (χ3n) is 3.85. The van der Waals surface area contributed by atoms with Crippen molar-refractivity contribution in [1.29, 1.82) is 0 Å². The quantitative estimate of drug-likeness (QED) is 0.687. The maximum atomic E-state index is 11.8. The second-order valence-corrected chi connectivity index (χ2v) is 5.93. The van der Waals surface area contributed by atoms with Crippen molar-refractivity contribution in [2.75, 3.05) is 20.1 Å². The summed E-state index contributed by atoms with van der Waals surface area (Å²) in [7, 11) is 1.73. The highest BCUT2D eigenvalue weighted by molar-refractivity contribution is 5.85. The van der Waals surface area contributed by atoms with Gasteiger partial charge in [0.05, 0.1) is 12.1 Å². The number of nitrogens with zero attached hydrogens (tertiary/aromatic N) is 1. The van der Waals surface area contributed by atoms with Crippen LogP contribution in [0.25, 0.3) is 0 Å². The largest absolute Gasteiger partial charge is 0.390 e. The molecule has 0 aliphatic carbocycles. The summed E-state index contributed by atoms with van der Waals surface area (Å²) in [6.45, 7) is 4.37. The lowest BCUT2D eigenvalue weighted by molar-refractivity contribution is -0.132. The number of rotatable bonds is 0. The highest BCUT2D eigenvalue weighted by Crippen LogP contribution is 2.21. The molecule has 2 atom stereocenters. The molecule has 110 valence electrons. The van der Waals surface area contributed by atoms with E-state index in [1.807, 2.05) is 13.8 Å². The van der Waals surface area contributed by atoms with E-state index < -0.39 is 5.60 Å². The molecule has 1 heterocycles. The number of likely N-dealkylation sites (N-methyl/N-ethyl adjacent to an activating group) is 1. The minimum absolute atomic E-state index is 0.0655. The number of hydrogen-bond acceptors (Lipinski definition) is 3. The van der Waals surface area contributed by atoms with Gasteiger partial charge in [-0.1, -0.05) is 6.92 Å². The van der Waals surface area contributed by atoms with Crippen LogP contribution >= 0.6 is 0 Å². The Bertz CT molecular complexity index is 299. The molecule has 2 N–H and O–H groups in total. The molecule has 2 amide bonds. The first-order chi connectivity index (χ1) is 8.82. The van der Waals surface area contributed by atoms with E-state index in [1.54, 1.807) is 11.9 Å². The second-order valence-electron chi connectivity index (χ2n) is 5.93. The molecule has 0 saturated carbocycles. The van der Waals surface area contributed by atoms with Crippen LogP contribution in [-0.2, 0) is 9.59 Å². The van der Waals surface area contributed by atoms with Gasteiger partial charge in [0.15, 0.2) is 0 Å². The molecule has 19 heavy (non-hydrogen) atoms. The van der Waals surface area contributed by atoms with Crippen LogP contribution in [0.2, 0.25) is 0 Å². The standard InChI is InChI=1S/C14H26N2O3/c1-11-6-4-7-14(2,19)8-5-9-16(3)12(17)10-15-13(11)18/h11,19H,4-10H2,1-3H3,(H,15,18)/t11-,14+/m1/s1. The Balaban J connectivity index is 2.66. The molecule has 1 rings (SSSR count). The van der Waals surface area contributed by atoms with E-state index in [0.717, 1.165) is 19.3 Å². The molecule has 0 aromatic rings. The van der Waals surface area contributed by atoms with Crippen LogP contribution in [0.1, 0.15) is 46.0 Å². The Morgan fingerprint density at radius 3 is 2.63 bits per heavy atom. The zero-order valence-corrected chi connectivity index (χ0v) is 12.2. The fourth-order valence-corrected chi connectivity index (χ4v) is 2.34. The van der Waals surface area contributed by atoms with Gasteiger partial charge in [-0.15, -0.1) is 0 Å². The highest BCUT2D eigenvalue weighted by Gasteiger charge is 2.23. The summed E-state index contributed by atoms with van der Waals surface area (Å²) in [5.41, 5.74) is -0.700. The first kappa shape index (κ1) is 16.0. The molecule has 5 heteroatoms. The summed E-state index contributed by atoms with van der Waals surface area (Å²) in [6.07, 6.45) is 3.72. The molecule has 1 saturated heterocycles. The van der Waals surface area contributed by atoms with Gasteiger partial charge in [0, 0.05) is 19.5 Å². The van der Waals surface area contributed by atoms with Crippen molar-refractivity contribution in [2.24, 2.45) is 5.92 Å². The van der Waals surface area contributed by atoms with Crippen LogP contribution in [0.5, 0.6) is 0 Å². The molecular weight excluding hydrogens is 244 g/mol. The number of carbonyl (C=O) groups excluding carboxylic acids is 2. The van der Waals surface area contributed by atoms with Crippen molar-refractivity contribution in [3.05, 3.63) is 0 Å². The van der Waals surface area contributed by atoms with Gasteiger partial charge in [0.25, 0.3) is 0 Å². The minimum Gasteiger partial charge on any atom is -0.390 e. The zero-order chi connectivity index (χ0) is 14.5. The first-order valence-electron chi connectivity index (χ1n) is 7.06. The SMILES string of the molecule is C[C@@H]1CCC[C@](C)(O)CCCN(C)C(=O)CNC1=O. The van der Waals surface area contributed by atoms with Crippen LogP contribution in [0, 0.1) is 5.92 Å². The maximum Gasteiger partial charge on any atom is 0.241 e. The number of hydrogen-bond donors (Lipinski definition) is 2. The third kappa shape index (κ3) is 5.59. The van der Waals surface area contributed by atoms with Gasteiger partial charge in [-0.05, 0) is 39.0 Å². The van der Waals surface area contributed by atoms with Gasteiger partial charge < -0.3 is 15.3 Å². The minimum atomic E-state index is -0.700. The lowest BCUT2D eigenvalue weighted by atomic mass is 9.91. The predicted octanol–water partition coefficient (Wildman–Crippen LogP) is 0.912. The lowest BCUT2D eigenvalue weighted by Crippen LogP contribution is -2.40. The first-order valence-corrected chi connectivity index (χ1v) is 7.06. The van der Waals surface area contributed by atoms with E-state index in [9.17, 15) is 14.7 Å². The Kier molecular flexibility index (Phi) is 5.79. The number of aliphatic hydroxyl groups is 1. The van der Waals surface area contributed by atoms with Gasteiger partial charge in [-0.2, -0.15) is 0 Å². The van der Waals surface area contributed by atoms with Gasteiger partial charge >= 0.3 is 0 Å². The smallest absolute Gasteiger partial charge is 0.241 e. The van der Waals surface area contributed by atoms with E-state index in [0.29, 0.717) is 19.4 Å². The van der Waals surface area contributed by atoms with Crippen LogP contribution in [-0.4, -0.2) is 47.6 Å². The molecular formula is C14H26N2O3. The average molecular weight is 270 g/mol. The van der Waals surface area contributed by atoms with E-state index in [-0.39, 0.29) is 24.3 Å². The van der Waals surface area contributed by atoms with E-state index in [2.05, 4.69) is 5.32 Å². The fraction of sp³-hybridized carbons (Fsp3) is 0.857. The summed E-state index contributed by atoms with van der Waals surface area (Å²) in [6, 6.07) is 0. The summed E-state index contributed by atoms with van der Waals surface area (Å²) in [5.74, 6) is -0.283. The molecule has 1 aliphatic rings. The summed E-state index contributed by atoms with van der Waals surface area (Å²) in [4.78, 5) is 25.2. The Hall–Kier alpha value is -1.10. The summed E-state index contributed by atoms with van der Waals surface area (Å²) in [5, 5.41) is 12.9. The number of carbonyl (C=O) groups is 2.